The van der Waals surface area contributed by atoms with Crippen molar-refractivity contribution < 1.29 is 4.74 Å². The van der Waals surface area contributed by atoms with E-state index >= 15 is 0 Å². The van der Waals surface area contributed by atoms with E-state index in [-0.39, 0.29) is 12.4 Å². The number of halogens is 2. The van der Waals surface area contributed by atoms with Crippen LogP contribution in [0.1, 0.15) is 12.5 Å². The van der Waals surface area contributed by atoms with Crippen molar-refractivity contribution in [1.82, 2.24) is 9.55 Å². The highest BCUT2D eigenvalue weighted by Crippen LogP contribution is 2.24. The number of benzene rings is 2. The molecule has 0 saturated heterocycles. The summed E-state index contributed by atoms with van der Waals surface area (Å²) in [4.78, 5) is 4.08. The van der Waals surface area contributed by atoms with Crippen LogP contribution in [0.25, 0.3) is 0 Å². The second kappa shape index (κ2) is 8.76. The first-order chi connectivity index (χ1) is 11.2. The van der Waals surface area contributed by atoms with Gasteiger partial charge < -0.3 is 9.30 Å². The number of nitrogens with zero attached hydrogens (tertiary/aromatic N) is 2. The molecule has 126 valence electrons. The van der Waals surface area contributed by atoms with Gasteiger partial charge in [-0.25, -0.2) is 4.98 Å². The Balaban J connectivity index is 0.00000208. The summed E-state index contributed by atoms with van der Waals surface area (Å²) in [6, 6.07) is 15.6. The summed E-state index contributed by atoms with van der Waals surface area (Å²) in [5.41, 5.74) is 1.31. The van der Waals surface area contributed by atoms with Crippen LogP contribution in [0, 0.1) is 5.92 Å². The summed E-state index contributed by atoms with van der Waals surface area (Å²) < 4.78 is 7.92. The fourth-order valence-electron chi connectivity index (χ4n) is 2.55. The quantitative estimate of drug-likeness (QED) is 0.568. The van der Waals surface area contributed by atoms with Crippen molar-refractivity contribution >= 4 is 24.0 Å². The summed E-state index contributed by atoms with van der Waals surface area (Å²) in [6.07, 6.45) is 6.70. The van der Waals surface area contributed by atoms with Crippen LogP contribution in [0.3, 0.4) is 0 Å². The van der Waals surface area contributed by atoms with Crippen LogP contribution in [0.15, 0.2) is 67.3 Å². The largest absolute Gasteiger partial charge is 0.457 e. The minimum Gasteiger partial charge on any atom is -0.457 e. The fraction of sp³-hybridized carbons (Fsp3) is 0.211. The molecule has 5 heteroatoms. The molecular formula is C19H20Cl2N2O. The van der Waals surface area contributed by atoms with E-state index in [1.807, 2.05) is 55.1 Å². The predicted molar refractivity (Wildman–Crippen MR) is 100 cm³/mol. The molecule has 0 radical (unpaired) electrons. The summed E-state index contributed by atoms with van der Waals surface area (Å²) in [7, 11) is 0. The number of hydrogen-bond acceptors (Lipinski definition) is 2. The molecule has 0 amide bonds. The lowest BCUT2D eigenvalue weighted by atomic mass is 10.0. The lowest BCUT2D eigenvalue weighted by Crippen LogP contribution is -2.08. The van der Waals surface area contributed by atoms with Gasteiger partial charge in [0.15, 0.2) is 0 Å². The summed E-state index contributed by atoms with van der Waals surface area (Å²) in [6.45, 7) is 3.22. The smallest absolute Gasteiger partial charge is 0.127 e. The van der Waals surface area contributed by atoms with Crippen LogP contribution >= 0.6 is 24.0 Å². The Kier molecular flexibility index (Phi) is 6.71. The molecule has 3 rings (SSSR count). The molecule has 1 unspecified atom stereocenters. The monoisotopic (exact) mass is 362 g/mol. The van der Waals surface area contributed by atoms with Crippen LogP contribution in [0.4, 0.5) is 0 Å². The van der Waals surface area contributed by atoms with Gasteiger partial charge in [-0.05, 0) is 54.3 Å². The molecule has 3 nitrogen and oxygen atoms in total. The van der Waals surface area contributed by atoms with Gasteiger partial charge in [-0.1, -0.05) is 30.7 Å². The number of imidazole rings is 1. The molecule has 0 spiro atoms. The minimum absolute atomic E-state index is 0. The van der Waals surface area contributed by atoms with Crippen molar-refractivity contribution in [2.24, 2.45) is 5.92 Å². The zero-order valence-corrected chi connectivity index (χ0v) is 15.0. The van der Waals surface area contributed by atoms with E-state index in [0.29, 0.717) is 10.9 Å². The van der Waals surface area contributed by atoms with Crippen molar-refractivity contribution in [2.75, 3.05) is 0 Å². The normalized spacial score (nSPS) is 11.6. The zero-order valence-electron chi connectivity index (χ0n) is 13.4. The standard InChI is InChI=1S/C19H19ClN2O.ClH/c1-15(13-22-11-10-21-14-22)12-16-2-6-18(7-3-16)23-19-8-4-17(20)5-9-19;/h2-11,14-15H,12-13H2,1H3;1H. The van der Waals surface area contributed by atoms with Gasteiger partial charge in [0.25, 0.3) is 0 Å². The van der Waals surface area contributed by atoms with Gasteiger partial charge in [0.05, 0.1) is 6.33 Å². The average molecular weight is 363 g/mol. The number of aromatic nitrogens is 2. The van der Waals surface area contributed by atoms with E-state index < -0.39 is 0 Å². The molecule has 3 aromatic rings. The fourth-order valence-corrected chi connectivity index (χ4v) is 2.68. The van der Waals surface area contributed by atoms with Gasteiger partial charge in [0.2, 0.25) is 0 Å². The Morgan fingerprint density at radius 1 is 1.04 bits per heavy atom. The molecule has 0 aliphatic heterocycles. The second-order valence-corrected chi connectivity index (χ2v) is 6.21. The molecule has 0 N–H and O–H groups in total. The Bertz CT molecular complexity index is 725. The zero-order chi connectivity index (χ0) is 16.1. The van der Waals surface area contributed by atoms with Gasteiger partial charge in [0.1, 0.15) is 11.5 Å². The molecule has 0 bridgehead atoms. The number of ether oxygens (including phenoxy) is 1. The maximum atomic E-state index is 5.87. The van der Waals surface area contributed by atoms with E-state index in [1.54, 1.807) is 0 Å². The van der Waals surface area contributed by atoms with Gasteiger partial charge in [-0.3, -0.25) is 0 Å². The van der Waals surface area contributed by atoms with Crippen LogP contribution in [0.2, 0.25) is 5.02 Å². The first kappa shape index (κ1) is 18.4. The van der Waals surface area contributed by atoms with Crippen molar-refractivity contribution in [1.29, 1.82) is 0 Å². The van der Waals surface area contributed by atoms with E-state index in [2.05, 4.69) is 28.6 Å². The first-order valence-corrected chi connectivity index (χ1v) is 8.05. The van der Waals surface area contributed by atoms with Gasteiger partial charge in [-0.15, -0.1) is 12.4 Å². The lowest BCUT2D eigenvalue weighted by molar-refractivity contribution is 0.474. The molecule has 1 atom stereocenters. The third-order valence-corrected chi connectivity index (χ3v) is 3.89. The summed E-state index contributed by atoms with van der Waals surface area (Å²) in [5.74, 6) is 2.17. The van der Waals surface area contributed by atoms with E-state index in [9.17, 15) is 0 Å². The highest BCUT2D eigenvalue weighted by molar-refractivity contribution is 6.30. The highest BCUT2D eigenvalue weighted by atomic mass is 35.5. The molecule has 0 aliphatic rings. The highest BCUT2D eigenvalue weighted by Gasteiger charge is 2.05. The third kappa shape index (κ3) is 5.29. The van der Waals surface area contributed by atoms with Crippen LogP contribution in [-0.2, 0) is 13.0 Å². The SMILES string of the molecule is CC(Cc1ccc(Oc2ccc(Cl)cc2)cc1)Cn1ccnc1.Cl. The number of hydrogen-bond donors (Lipinski definition) is 0. The summed E-state index contributed by atoms with van der Waals surface area (Å²) in [5, 5.41) is 0.708. The molecule has 0 fully saturated rings. The average Bonchev–Trinajstić information content (AvgIpc) is 3.04. The van der Waals surface area contributed by atoms with Crippen molar-refractivity contribution in [2.45, 2.75) is 19.9 Å². The summed E-state index contributed by atoms with van der Waals surface area (Å²) >= 11 is 5.87. The second-order valence-electron chi connectivity index (χ2n) is 5.77. The van der Waals surface area contributed by atoms with Gasteiger partial charge >= 0.3 is 0 Å². The molecule has 0 saturated carbocycles. The van der Waals surface area contributed by atoms with Crippen molar-refractivity contribution in [3.63, 3.8) is 0 Å². The van der Waals surface area contributed by atoms with Crippen LogP contribution < -0.4 is 4.74 Å². The maximum Gasteiger partial charge on any atom is 0.127 e. The van der Waals surface area contributed by atoms with Gasteiger partial charge in [-0.2, -0.15) is 0 Å². The third-order valence-electron chi connectivity index (χ3n) is 3.64. The molecular weight excluding hydrogens is 343 g/mol. The molecule has 0 aliphatic carbocycles. The first-order valence-electron chi connectivity index (χ1n) is 7.67. The maximum absolute atomic E-state index is 5.87. The van der Waals surface area contributed by atoms with E-state index in [4.69, 9.17) is 16.3 Å². The Hall–Kier alpha value is -1.97. The predicted octanol–water partition coefficient (Wildman–Crippen LogP) is 5.63. The van der Waals surface area contributed by atoms with Crippen molar-refractivity contribution in [3.8, 4) is 11.5 Å². The van der Waals surface area contributed by atoms with E-state index in [1.165, 1.54) is 5.56 Å². The molecule has 1 aromatic heterocycles. The Morgan fingerprint density at radius 2 is 1.67 bits per heavy atom. The van der Waals surface area contributed by atoms with Crippen molar-refractivity contribution in [3.05, 3.63) is 77.8 Å². The number of rotatable bonds is 6. The molecule has 2 aromatic carbocycles. The van der Waals surface area contributed by atoms with Crippen LogP contribution in [-0.4, -0.2) is 9.55 Å². The Morgan fingerprint density at radius 3 is 2.25 bits per heavy atom. The Labute approximate surface area is 153 Å². The molecule has 1 heterocycles. The topological polar surface area (TPSA) is 27.1 Å². The van der Waals surface area contributed by atoms with Gasteiger partial charge in [0, 0.05) is 24.0 Å². The van der Waals surface area contributed by atoms with E-state index in [0.717, 1.165) is 24.5 Å². The minimum atomic E-state index is 0. The lowest BCUT2D eigenvalue weighted by Gasteiger charge is -2.13. The van der Waals surface area contributed by atoms with Crippen LogP contribution in [0.5, 0.6) is 11.5 Å². The molecule has 24 heavy (non-hydrogen) atoms.